The van der Waals surface area contributed by atoms with Gasteiger partial charge in [0.25, 0.3) is 0 Å². The van der Waals surface area contributed by atoms with Gasteiger partial charge in [0, 0.05) is 22.8 Å². The van der Waals surface area contributed by atoms with Gasteiger partial charge in [0.1, 0.15) is 0 Å². The molecule has 0 heterocycles. The maximum atomic E-state index is 11.2. The predicted octanol–water partition coefficient (Wildman–Crippen LogP) is 3.07. The molecular formula is C15H19NO4S. The van der Waals surface area contributed by atoms with Crippen LogP contribution < -0.4 is 4.90 Å². The van der Waals surface area contributed by atoms with E-state index in [4.69, 9.17) is 10.2 Å². The molecular weight excluding hydrogens is 290 g/mol. The summed E-state index contributed by atoms with van der Waals surface area (Å²) in [5, 5.41) is 18.3. The average Bonchev–Trinajstić information content (AvgIpc) is 2.46. The largest absolute Gasteiger partial charge is 0.477 e. The average molecular weight is 309 g/mol. The lowest BCUT2D eigenvalue weighted by Crippen LogP contribution is -2.27. The Labute approximate surface area is 128 Å². The van der Waals surface area contributed by atoms with Gasteiger partial charge in [-0.25, -0.2) is 9.59 Å². The number of nitrogens with zero attached hydrogens (tertiary/aromatic N) is 1. The van der Waals surface area contributed by atoms with Crippen molar-refractivity contribution in [2.75, 3.05) is 17.7 Å². The number of carbonyl (C=O) groups is 2. The van der Waals surface area contributed by atoms with Crippen LogP contribution in [0.15, 0.2) is 40.4 Å². The van der Waals surface area contributed by atoms with Gasteiger partial charge in [-0.2, -0.15) is 0 Å². The fraction of sp³-hybridized carbons (Fsp3) is 0.333. The third kappa shape index (κ3) is 4.01. The molecule has 0 saturated carbocycles. The van der Waals surface area contributed by atoms with E-state index in [0.717, 1.165) is 10.6 Å². The predicted molar refractivity (Wildman–Crippen MR) is 83.8 cm³/mol. The number of benzene rings is 1. The lowest BCUT2D eigenvalue weighted by molar-refractivity contribution is -0.140. The van der Waals surface area contributed by atoms with Crippen molar-refractivity contribution >= 4 is 29.4 Å². The van der Waals surface area contributed by atoms with E-state index in [1.54, 1.807) is 23.6 Å². The molecule has 0 unspecified atom stereocenters. The molecule has 114 valence electrons. The lowest BCUT2D eigenvalue weighted by Gasteiger charge is -2.26. The summed E-state index contributed by atoms with van der Waals surface area (Å²) in [6.45, 7) is 4.10. The molecule has 1 rings (SSSR count). The van der Waals surface area contributed by atoms with Crippen LogP contribution in [0.1, 0.15) is 20.3 Å². The van der Waals surface area contributed by atoms with Crippen molar-refractivity contribution in [1.29, 1.82) is 0 Å². The van der Waals surface area contributed by atoms with Gasteiger partial charge in [-0.3, -0.25) is 0 Å². The molecule has 1 aromatic carbocycles. The zero-order valence-corrected chi connectivity index (χ0v) is 13.1. The SMILES string of the molecule is CCC(=C(C(=O)O)C(=O)O)N(CC)c1ccc(SC)cc1. The second-order valence-corrected chi connectivity index (χ2v) is 5.11. The number of aliphatic carboxylic acids is 2. The minimum Gasteiger partial charge on any atom is -0.477 e. The number of carboxylic acids is 2. The van der Waals surface area contributed by atoms with Crippen LogP contribution in [0, 0.1) is 0 Å². The fourth-order valence-corrected chi connectivity index (χ4v) is 2.54. The molecule has 1 aromatic rings. The van der Waals surface area contributed by atoms with Crippen LogP contribution in [0.5, 0.6) is 0 Å². The minimum absolute atomic E-state index is 0.300. The van der Waals surface area contributed by atoms with Crippen molar-refractivity contribution in [2.24, 2.45) is 0 Å². The van der Waals surface area contributed by atoms with Crippen LogP contribution in [0.25, 0.3) is 0 Å². The Balaban J connectivity index is 3.35. The van der Waals surface area contributed by atoms with Crippen LogP contribution in [0.4, 0.5) is 5.69 Å². The molecule has 0 aliphatic heterocycles. The van der Waals surface area contributed by atoms with Gasteiger partial charge in [0.05, 0.1) is 0 Å². The number of allylic oxidation sites excluding steroid dienone is 1. The minimum atomic E-state index is -1.42. The highest BCUT2D eigenvalue weighted by molar-refractivity contribution is 7.98. The number of anilines is 1. The molecule has 0 amide bonds. The van der Waals surface area contributed by atoms with Crippen molar-refractivity contribution in [1.82, 2.24) is 0 Å². The van der Waals surface area contributed by atoms with Gasteiger partial charge < -0.3 is 15.1 Å². The van der Waals surface area contributed by atoms with Gasteiger partial charge in [-0.1, -0.05) is 6.92 Å². The summed E-state index contributed by atoms with van der Waals surface area (Å²) in [4.78, 5) is 25.3. The van der Waals surface area contributed by atoms with Crippen LogP contribution in [0.3, 0.4) is 0 Å². The third-order valence-electron chi connectivity index (χ3n) is 3.08. The molecule has 0 bridgehead atoms. The molecule has 6 heteroatoms. The van der Waals surface area contributed by atoms with Gasteiger partial charge in [-0.05, 0) is 43.9 Å². The smallest absolute Gasteiger partial charge is 0.344 e. The topological polar surface area (TPSA) is 77.8 Å². The van der Waals surface area contributed by atoms with Crippen molar-refractivity contribution < 1.29 is 19.8 Å². The quantitative estimate of drug-likeness (QED) is 0.349. The summed E-state index contributed by atoms with van der Waals surface area (Å²) in [5.41, 5.74) is 0.509. The zero-order valence-electron chi connectivity index (χ0n) is 12.3. The number of thioether (sulfide) groups is 1. The first-order valence-electron chi connectivity index (χ1n) is 6.57. The van der Waals surface area contributed by atoms with Gasteiger partial charge in [0.15, 0.2) is 5.57 Å². The molecule has 5 nitrogen and oxygen atoms in total. The summed E-state index contributed by atoms with van der Waals surface area (Å²) in [7, 11) is 0. The highest BCUT2D eigenvalue weighted by Gasteiger charge is 2.25. The van der Waals surface area contributed by atoms with Gasteiger partial charge in [0.2, 0.25) is 0 Å². The summed E-state index contributed by atoms with van der Waals surface area (Å²) in [5.74, 6) is -2.84. The van der Waals surface area contributed by atoms with Crippen LogP contribution >= 0.6 is 11.8 Å². The van der Waals surface area contributed by atoms with E-state index >= 15 is 0 Å². The van der Waals surface area contributed by atoms with Gasteiger partial charge in [-0.15, -0.1) is 11.8 Å². The first-order valence-corrected chi connectivity index (χ1v) is 7.80. The van der Waals surface area contributed by atoms with Crippen molar-refractivity contribution in [3.05, 3.63) is 35.5 Å². The maximum absolute atomic E-state index is 11.2. The Morgan fingerprint density at radius 1 is 1.10 bits per heavy atom. The van der Waals surface area contributed by atoms with E-state index in [2.05, 4.69) is 0 Å². The molecule has 0 aliphatic rings. The molecule has 2 N–H and O–H groups in total. The van der Waals surface area contributed by atoms with Crippen molar-refractivity contribution in [2.45, 2.75) is 25.2 Å². The summed E-state index contributed by atoms with van der Waals surface area (Å²) >= 11 is 1.61. The van der Waals surface area contributed by atoms with E-state index in [1.807, 2.05) is 37.4 Å². The highest BCUT2D eigenvalue weighted by atomic mass is 32.2. The van der Waals surface area contributed by atoms with Crippen LogP contribution in [-0.2, 0) is 9.59 Å². The Hall–Kier alpha value is -1.95. The third-order valence-corrected chi connectivity index (χ3v) is 3.82. The van der Waals surface area contributed by atoms with Gasteiger partial charge >= 0.3 is 11.9 Å². The molecule has 0 atom stereocenters. The number of rotatable bonds is 7. The molecule has 0 spiro atoms. The molecule has 0 saturated heterocycles. The van der Waals surface area contributed by atoms with Crippen molar-refractivity contribution in [3.8, 4) is 0 Å². The Morgan fingerprint density at radius 3 is 1.95 bits per heavy atom. The molecule has 0 aromatic heterocycles. The first kappa shape index (κ1) is 17.1. The van der Waals surface area contributed by atoms with E-state index in [9.17, 15) is 9.59 Å². The molecule has 21 heavy (non-hydrogen) atoms. The Bertz CT molecular complexity index is 535. The number of carboxylic acid groups (broad SMARTS) is 2. The normalized spacial score (nSPS) is 10.0. The summed E-state index contributed by atoms with van der Waals surface area (Å²) in [6, 6.07) is 7.59. The zero-order chi connectivity index (χ0) is 16.0. The molecule has 0 fully saturated rings. The highest BCUT2D eigenvalue weighted by Crippen LogP contribution is 2.26. The molecule has 0 radical (unpaired) electrons. The lowest BCUT2D eigenvalue weighted by atomic mass is 10.1. The summed E-state index contributed by atoms with van der Waals surface area (Å²) < 4.78 is 0. The number of hydrogen-bond donors (Lipinski definition) is 2. The fourth-order valence-electron chi connectivity index (χ4n) is 2.13. The van der Waals surface area contributed by atoms with Crippen LogP contribution in [-0.4, -0.2) is 35.0 Å². The van der Waals surface area contributed by atoms with E-state index < -0.39 is 17.5 Å². The van der Waals surface area contributed by atoms with E-state index in [-0.39, 0.29) is 0 Å². The Morgan fingerprint density at radius 2 is 1.62 bits per heavy atom. The monoisotopic (exact) mass is 309 g/mol. The maximum Gasteiger partial charge on any atom is 0.344 e. The van der Waals surface area contributed by atoms with Crippen LogP contribution in [0.2, 0.25) is 0 Å². The molecule has 0 aliphatic carbocycles. The second kappa shape index (κ2) is 7.73. The summed E-state index contributed by atoms with van der Waals surface area (Å²) in [6.07, 6.45) is 2.29. The first-order chi connectivity index (χ1) is 9.96. The Kier molecular flexibility index (Phi) is 6.30. The van der Waals surface area contributed by atoms with Crippen molar-refractivity contribution in [3.63, 3.8) is 0 Å². The number of hydrogen-bond acceptors (Lipinski definition) is 4. The van der Waals surface area contributed by atoms with E-state index in [1.165, 1.54) is 0 Å². The standard InChI is InChI=1S/C15H19NO4S/c1-4-12(13(14(17)18)15(19)20)16(5-2)10-6-8-11(21-3)9-7-10/h6-9H,4-5H2,1-3H3,(H,17,18)(H,19,20). The second-order valence-electron chi connectivity index (χ2n) is 4.23. The van der Waals surface area contributed by atoms with E-state index in [0.29, 0.717) is 18.7 Å².